The second-order valence-corrected chi connectivity index (χ2v) is 9.79. The largest absolute Gasteiger partial charge is 0.320 e. The molecular formula is C26H25N7OS. The molecule has 4 aromatic heterocycles. The standard InChI is InChI=1S/C26H25N7OS/c1-17-6-7-23-29-22(16-33(23)14-17)24(34)30-20-5-3-2-4-19(20)25-31-21-12-18(13-28-26(21)35-25)15-32-10-8-27-9-11-32/h2-7,12-14,16,27H,8-11,15H2,1H3,(H,30,34). The van der Waals surface area contributed by atoms with Gasteiger partial charge in [0, 0.05) is 56.9 Å². The van der Waals surface area contributed by atoms with Gasteiger partial charge in [0.05, 0.1) is 5.69 Å². The lowest BCUT2D eigenvalue weighted by Gasteiger charge is -2.26. The summed E-state index contributed by atoms with van der Waals surface area (Å²) >= 11 is 1.53. The normalized spacial score (nSPS) is 14.5. The summed E-state index contributed by atoms with van der Waals surface area (Å²) in [4.78, 5) is 30.4. The van der Waals surface area contributed by atoms with Crippen molar-refractivity contribution in [3.05, 3.63) is 77.9 Å². The number of imidazole rings is 1. The molecule has 0 radical (unpaired) electrons. The number of thiazole rings is 1. The highest BCUT2D eigenvalue weighted by atomic mass is 32.1. The van der Waals surface area contributed by atoms with E-state index in [-0.39, 0.29) is 5.91 Å². The molecule has 0 unspecified atom stereocenters. The Labute approximate surface area is 206 Å². The molecule has 0 bridgehead atoms. The van der Waals surface area contributed by atoms with E-state index in [4.69, 9.17) is 4.98 Å². The topological polar surface area (TPSA) is 87.5 Å². The van der Waals surface area contributed by atoms with Crippen molar-refractivity contribution in [2.45, 2.75) is 13.5 Å². The number of nitrogens with one attached hydrogen (secondary N) is 2. The first-order valence-electron chi connectivity index (χ1n) is 11.7. The van der Waals surface area contributed by atoms with Crippen molar-refractivity contribution in [3.8, 4) is 10.6 Å². The molecule has 6 rings (SSSR count). The Kier molecular flexibility index (Phi) is 5.73. The summed E-state index contributed by atoms with van der Waals surface area (Å²) in [6.07, 6.45) is 5.66. The molecule has 1 amide bonds. The van der Waals surface area contributed by atoms with E-state index in [1.165, 1.54) is 16.9 Å². The fourth-order valence-electron chi connectivity index (χ4n) is 4.37. The first-order chi connectivity index (χ1) is 17.1. The third kappa shape index (κ3) is 4.53. The number of hydrogen-bond acceptors (Lipinski definition) is 7. The van der Waals surface area contributed by atoms with E-state index in [2.05, 4.69) is 31.6 Å². The first kappa shape index (κ1) is 21.8. The Hall–Kier alpha value is -3.66. The van der Waals surface area contributed by atoms with E-state index in [0.717, 1.165) is 64.9 Å². The summed E-state index contributed by atoms with van der Waals surface area (Å²) < 4.78 is 1.87. The number of fused-ring (bicyclic) bond motifs is 2. The number of aryl methyl sites for hydroxylation is 1. The zero-order valence-electron chi connectivity index (χ0n) is 19.4. The zero-order chi connectivity index (χ0) is 23.8. The smallest absolute Gasteiger partial charge is 0.275 e. The van der Waals surface area contributed by atoms with Crippen LogP contribution in [0.1, 0.15) is 21.6 Å². The van der Waals surface area contributed by atoms with Crippen molar-refractivity contribution in [2.24, 2.45) is 0 Å². The molecule has 0 aliphatic carbocycles. The van der Waals surface area contributed by atoms with Gasteiger partial charge >= 0.3 is 0 Å². The summed E-state index contributed by atoms with van der Waals surface area (Å²) in [6.45, 7) is 7.01. The number of aromatic nitrogens is 4. The number of para-hydroxylation sites is 1. The SMILES string of the molecule is Cc1ccc2nc(C(=O)Nc3ccccc3-c3nc4cc(CN5CCNCC5)cnc4s3)cn2c1. The van der Waals surface area contributed by atoms with Gasteiger partial charge in [-0.2, -0.15) is 0 Å². The van der Waals surface area contributed by atoms with Crippen molar-refractivity contribution < 1.29 is 4.79 Å². The van der Waals surface area contributed by atoms with Crippen molar-refractivity contribution in [3.63, 3.8) is 0 Å². The minimum absolute atomic E-state index is 0.253. The Morgan fingerprint density at radius 3 is 2.86 bits per heavy atom. The van der Waals surface area contributed by atoms with Crippen LogP contribution in [0.15, 0.2) is 61.1 Å². The summed E-state index contributed by atoms with van der Waals surface area (Å²) in [5, 5.41) is 7.24. The molecule has 1 aliphatic rings. The fraction of sp³-hybridized carbons (Fsp3) is 0.231. The summed E-state index contributed by atoms with van der Waals surface area (Å²) in [5.41, 5.74) is 5.83. The second kappa shape index (κ2) is 9.18. The van der Waals surface area contributed by atoms with E-state index in [9.17, 15) is 4.79 Å². The highest BCUT2D eigenvalue weighted by molar-refractivity contribution is 7.21. The van der Waals surface area contributed by atoms with E-state index in [1.807, 2.05) is 60.1 Å². The van der Waals surface area contributed by atoms with Crippen LogP contribution in [0.3, 0.4) is 0 Å². The van der Waals surface area contributed by atoms with Crippen molar-refractivity contribution in [1.82, 2.24) is 29.6 Å². The summed E-state index contributed by atoms with van der Waals surface area (Å²) in [7, 11) is 0. The predicted molar refractivity (Wildman–Crippen MR) is 139 cm³/mol. The number of nitrogens with zero attached hydrogens (tertiary/aromatic N) is 5. The van der Waals surface area contributed by atoms with E-state index in [0.29, 0.717) is 11.4 Å². The number of hydrogen-bond donors (Lipinski definition) is 2. The zero-order valence-corrected chi connectivity index (χ0v) is 20.2. The average Bonchev–Trinajstić information content (AvgIpc) is 3.48. The molecule has 1 aromatic carbocycles. The highest BCUT2D eigenvalue weighted by Gasteiger charge is 2.17. The first-order valence-corrected chi connectivity index (χ1v) is 12.5. The van der Waals surface area contributed by atoms with Gasteiger partial charge in [-0.3, -0.25) is 9.69 Å². The minimum Gasteiger partial charge on any atom is -0.320 e. The number of anilines is 1. The lowest BCUT2D eigenvalue weighted by atomic mass is 10.2. The van der Waals surface area contributed by atoms with E-state index >= 15 is 0 Å². The number of benzene rings is 1. The molecule has 1 saturated heterocycles. The quantitative estimate of drug-likeness (QED) is 0.393. The molecule has 9 heteroatoms. The van der Waals surface area contributed by atoms with Crippen LogP contribution in [-0.4, -0.2) is 56.3 Å². The summed E-state index contributed by atoms with van der Waals surface area (Å²) in [5.74, 6) is -0.253. The number of amides is 1. The number of piperazine rings is 1. The third-order valence-electron chi connectivity index (χ3n) is 6.16. The van der Waals surface area contributed by atoms with Gasteiger partial charge in [-0.05, 0) is 42.3 Å². The van der Waals surface area contributed by atoms with Crippen LogP contribution < -0.4 is 10.6 Å². The number of pyridine rings is 2. The molecule has 1 aliphatic heterocycles. The number of carbonyl (C=O) groups is 1. The molecule has 1 fully saturated rings. The molecule has 0 spiro atoms. The van der Waals surface area contributed by atoms with Crippen LogP contribution >= 0.6 is 11.3 Å². The Bertz CT molecular complexity index is 1530. The van der Waals surface area contributed by atoms with Gasteiger partial charge in [0.2, 0.25) is 0 Å². The third-order valence-corrected chi connectivity index (χ3v) is 7.17. The molecule has 35 heavy (non-hydrogen) atoms. The van der Waals surface area contributed by atoms with E-state index in [1.54, 1.807) is 6.20 Å². The van der Waals surface area contributed by atoms with Crippen molar-refractivity contribution in [2.75, 3.05) is 31.5 Å². The second-order valence-electron chi connectivity index (χ2n) is 8.81. The molecule has 0 atom stereocenters. The van der Waals surface area contributed by atoms with Crippen LogP contribution in [-0.2, 0) is 6.54 Å². The maximum Gasteiger partial charge on any atom is 0.275 e. The van der Waals surface area contributed by atoms with Crippen molar-refractivity contribution >= 4 is 38.9 Å². The van der Waals surface area contributed by atoms with Gasteiger partial charge < -0.3 is 15.0 Å². The number of rotatable bonds is 5. The maximum atomic E-state index is 13.0. The molecule has 176 valence electrons. The highest BCUT2D eigenvalue weighted by Crippen LogP contribution is 2.34. The van der Waals surface area contributed by atoms with Crippen molar-refractivity contribution in [1.29, 1.82) is 0 Å². The maximum absolute atomic E-state index is 13.0. The lowest BCUT2D eigenvalue weighted by molar-refractivity contribution is 0.102. The van der Waals surface area contributed by atoms with Crippen LogP contribution in [0.25, 0.3) is 26.6 Å². The monoisotopic (exact) mass is 483 g/mol. The Morgan fingerprint density at radius 2 is 1.97 bits per heavy atom. The molecule has 0 saturated carbocycles. The average molecular weight is 484 g/mol. The van der Waals surface area contributed by atoms with Gasteiger partial charge in [-0.15, -0.1) is 0 Å². The predicted octanol–water partition coefficient (Wildman–Crippen LogP) is 3.97. The lowest BCUT2D eigenvalue weighted by Crippen LogP contribution is -2.42. The van der Waals surface area contributed by atoms with Gasteiger partial charge in [-0.25, -0.2) is 15.0 Å². The number of carbonyl (C=O) groups excluding carboxylic acids is 1. The molecule has 8 nitrogen and oxygen atoms in total. The molecular weight excluding hydrogens is 458 g/mol. The van der Waals surface area contributed by atoms with Crippen LogP contribution in [0, 0.1) is 6.92 Å². The van der Waals surface area contributed by atoms with Gasteiger partial charge in [0.25, 0.3) is 5.91 Å². The fourth-order valence-corrected chi connectivity index (χ4v) is 5.30. The van der Waals surface area contributed by atoms with Gasteiger partial charge in [-0.1, -0.05) is 29.5 Å². The van der Waals surface area contributed by atoms with Gasteiger partial charge in [0.15, 0.2) is 0 Å². The Balaban J connectivity index is 1.26. The molecule has 5 aromatic rings. The van der Waals surface area contributed by atoms with Gasteiger partial charge in [0.1, 0.15) is 26.7 Å². The minimum atomic E-state index is -0.253. The summed E-state index contributed by atoms with van der Waals surface area (Å²) in [6, 6.07) is 13.7. The Morgan fingerprint density at radius 1 is 1.11 bits per heavy atom. The molecule has 2 N–H and O–H groups in total. The van der Waals surface area contributed by atoms with Crippen LogP contribution in [0.4, 0.5) is 5.69 Å². The molecule has 5 heterocycles. The van der Waals surface area contributed by atoms with Crippen LogP contribution in [0.2, 0.25) is 0 Å². The van der Waals surface area contributed by atoms with Crippen LogP contribution in [0.5, 0.6) is 0 Å². The van der Waals surface area contributed by atoms with E-state index < -0.39 is 0 Å².